The zero-order valence-corrected chi connectivity index (χ0v) is 11.8. The predicted octanol–water partition coefficient (Wildman–Crippen LogP) is 3.31. The van der Waals surface area contributed by atoms with E-state index in [0.29, 0.717) is 6.04 Å². The van der Waals surface area contributed by atoms with Crippen molar-refractivity contribution in [2.45, 2.75) is 65.0 Å². The lowest BCUT2D eigenvalue weighted by Crippen LogP contribution is -2.44. The molecule has 1 aliphatic heterocycles. The maximum absolute atomic E-state index is 5.64. The van der Waals surface area contributed by atoms with Gasteiger partial charge in [-0.15, -0.1) is 0 Å². The van der Waals surface area contributed by atoms with E-state index in [-0.39, 0.29) is 5.60 Å². The van der Waals surface area contributed by atoms with Crippen molar-refractivity contribution in [1.82, 2.24) is 4.90 Å². The SMILES string of the molecule is CCC(C)(CC(C)N1CCC(C)CC1)OC. The van der Waals surface area contributed by atoms with Crippen molar-refractivity contribution in [3.8, 4) is 0 Å². The van der Waals surface area contributed by atoms with Gasteiger partial charge in [0, 0.05) is 13.2 Å². The average molecular weight is 227 g/mol. The van der Waals surface area contributed by atoms with Crippen LogP contribution in [0.1, 0.15) is 53.4 Å². The first-order valence-electron chi connectivity index (χ1n) is 6.80. The number of piperidine rings is 1. The fourth-order valence-electron chi connectivity index (χ4n) is 2.60. The molecule has 1 heterocycles. The van der Waals surface area contributed by atoms with Gasteiger partial charge >= 0.3 is 0 Å². The molecule has 0 amide bonds. The van der Waals surface area contributed by atoms with E-state index in [1.54, 1.807) is 0 Å². The van der Waals surface area contributed by atoms with Gasteiger partial charge in [-0.2, -0.15) is 0 Å². The van der Waals surface area contributed by atoms with E-state index >= 15 is 0 Å². The van der Waals surface area contributed by atoms with Crippen molar-refractivity contribution < 1.29 is 4.74 Å². The third-order valence-electron chi connectivity index (χ3n) is 4.41. The number of hydrogen-bond donors (Lipinski definition) is 0. The zero-order valence-electron chi connectivity index (χ0n) is 11.8. The van der Waals surface area contributed by atoms with Crippen molar-refractivity contribution >= 4 is 0 Å². The van der Waals surface area contributed by atoms with Crippen LogP contribution in [-0.2, 0) is 4.74 Å². The maximum atomic E-state index is 5.64. The molecule has 0 aromatic rings. The molecule has 1 saturated heterocycles. The van der Waals surface area contributed by atoms with Crippen LogP contribution < -0.4 is 0 Å². The Hall–Kier alpha value is -0.0800. The van der Waals surface area contributed by atoms with Crippen molar-refractivity contribution in [2.75, 3.05) is 20.2 Å². The Kier molecular flexibility index (Phi) is 5.26. The first-order chi connectivity index (χ1) is 7.50. The second kappa shape index (κ2) is 6.02. The number of likely N-dealkylation sites (tertiary alicyclic amines) is 1. The topological polar surface area (TPSA) is 12.5 Å². The number of ether oxygens (including phenoxy) is 1. The van der Waals surface area contributed by atoms with Crippen molar-refractivity contribution in [3.63, 3.8) is 0 Å². The van der Waals surface area contributed by atoms with Crippen LogP contribution in [0.4, 0.5) is 0 Å². The third-order valence-corrected chi connectivity index (χ3v) is 4.41. The minimum atomic E-state index is 0.0580. The molecule has 1 aliphatic rings. The summed E-state index contributed by atoms with van der Waals surface area (Å²) < 4.78 is 5.64. The lowest BCUT2D eigenvalue weighted by atomic mass is 9.91. The fraction of sp³-hybridized carbons (Fsp3) is 1.00. The predicted molar refractivity (Wildman–Crippen MR) is 69.8 cm³/mol. The molecular weight excluding hydrogens is 198 g/mol. The van der Waals surface area contributed by atoms with E-state index in [1.807, 2.05) is 7.11 Å². The van der Waals surface area contributed by atoms with Crippen LogP contribution in [0, 0.1) is 5.92 Å². The number of hydrogen-bond acceptors (Lipinski definition) is 2. The average Bonchev–Trinajstić information content (AvgIpc) is 2.29. The number of rotatable bonds is 5. The quantitative estimate of drug-likeness (QED) is 0.714. The Morgan fingerprint density at radius 2 is 1.94 bits per heavy atom. The van der Waals surface area contributed by atoms with Gasteiger partial charge in [0.05, 0.1) is 5.60 Å². The van der Waals surface area contributed by atoms with Crippen LogP contribution >= 0.6 is 0 Å². The lowest BCUT2D eigenvalue weighted by Gasteiger charge is -2.39. The summed E-state index contributed by atoms with van der Waals surface area (Å²) in [5.74, 6) is 0.920. The highest BCUT2D eigenvalue weighted by molar-refractivity contribution is 4.82. The highest BCUT2D eigenvalue weighted by Gasteiger charge is 2.28. The molecule has 1 rings (SSSR count). The molecule has 0 saturated carbocycles. The molecule has 2 heteroatoms. The smallest absolute Gasteiger partial charge is 0.0662 e. The van der Waals surface area contributed by atoms with Gasteiger partial charge in [-0.25, -0.2) is 0 Å². The fourth-order valence-corrected chi connectivity index (χ4v) is 2.60. The minimum Gasteiger partial charge on any atom is -0.378 e. The monoisotopic (exact) mass is 227 g/mol. The molecule has 0 spiro atoms. The molecule has 0 aromatic carbocycles. The molecule has 0 aromatic heterocycles. The van der Waals surface area contributed by atoms with Crippen LogP contribution in [0.5, 0.6) is 0 Å². The highest BCUT2D eigenvalue weighted by Crippen LogP contribution is 2.26. The second-order valence-electron chi connectivity index (χ2n) is 5.78. The summed E-state index contributed by atoms with van der Waals surface area (Å²) in [5.41, 5.74) is 0.0580. The third kappa shape index (κ3) is 3.74. The summed E-state index contributed by atoms with van der Waals surface area (Å²) in [4.78, 5) is 2.63. The summed E-state index contributed by atoms with van der Waals surface area (Å²) in [6.45, 7) is 11.7. The summed E-state index contributed by atoms with van der Waals surface area (Å²) in [6, 6.07) is 0.650. The molecule has 0 radical (unpaired) electrons. The first-order valence-corrected chi connectivity index (χ1v) is 6.80. The Morgan fingerprint density at radius 3 is 2.38 bits per heavy atom. The molecule has 16 heavy (non-hydrogen) atoms. The molecule has 2 nitrogen and oxygen atoms in total. The number of methoxy groups -OCH3 is 1. The van der Waals surface area contributed by atoms with Crippen LogP contribution in [-0.4, -0.2) is 36.7 Å². The number of nitrogens with zero attached hydrogens (tertiary/aromatic N) is 1. The van der Waals surface area contributed by atoms with Crippen molar-refractivity contribution in [1.29, 1.82) is 0 Å². The molecule has 2 atom stereocenters. The summed E-state index contributed by atoms with van der Waals surface area (Å²) >= 11 is 0. The normalized spacial score (nSPS) is 25.3. The van der Waals surface area contributed by atoms with Gasteiger partial charge in [-0.05, 0) is 58.5 Å². The van der Waals surface area contributed by atoms with Crippen LogP contribution in [0.3, 0.4) is 0 Å². The molecule has 0 aliphatic carbocycles. The van der Waals surface area contributed by atoms with Crippen molar-refractivity contribution in [3.05, 3.63) is 0 Å². The maximum Gasteiger partial charge on any atom is 0.0662 e. The molecule has 96 valence electrons. The summed E-state index contributed by atoms with van der Waals surface area (Å²) in [5, 5.41) is 0. The first kappa shape index (κ1) is 14.0. The van der Waals surface area contributed by atoms with E-state index in [2.05, 4.69) is 32.6 Å². The van der Waals surface area contributed by atoms with Gasteiger partial charge in [0.2, 0.25) is 0 Å². The Balaban J connectivity index is 2.42. The zero-order chi connectivity index (χ0) is 12.2. The van der Waals surface area contributed by atoms with Gasteiger partial charge in [0.25, 0.3) is 0 Å². The molecular formula is C14H29NO. The molecule has 2 unspecified atom stereocenters. The minimum absolute atomic E-state index is 0.0580. The second-order valence-corrected chi connectivity index (χ2v) is 5.78. The van der Waals surface area contributed by atoms with E-state index in [0.717, 1.165) is 18.8 Å². The van der Waals surface area contributed by atoms with Gasteiger partial charge in [0.1, 0.15) is 0 Å². The van der Waals surface area contributed by atoms with Crippen LogP contribution in [0.2, 0.25) is 0 Å². The van der Waals surface area contributed by atoms with Gasteiger partial charge in [0.15, 0.2) is 0 Å². The largest absolute Gasteiger partial charge is 0.378 e. The molecule has 0 bridgehead atoms. The molecule has 0 N–H and O–H groups in total. The van der Waals surface area contributed by atoms with E-state index in [9.17, 15) is 0 Å². The van der Waals surface area contributed by atoms with E-state index in [4.69, 9.17) is 4.74 Å². The van der Waals surface area contributed by atoms with E-state index < -0.39 is 0 Å². The summed E-state index contributed by atoms with van der Waals surface area (Å²) in [6.07, 6.45) is 4.97. The van der Waals surface area contributed by atoms with Gasteiger partial charge in [-0.3, -0.25) is 0 Å². The molecule has 1 fully saturated rings. The lowest BCUT2D eigenvalue weighted by molar-refractivity contribution is -0.0269. The van der Waals surface area contributed by atoms with Gasteiger partial charge in [-0.1, -0.05) is 13.8 Å². The van der Waals surface area contributed by atoms with E-state index in [1.165, 1.54) is 25.9 Å². The Bertz CT molecular complexity index is 193. The Labute approximate surface area is 101 Å². The van der Waals surface area contributed by atoms with Crippen LogP contribution in [0.25, 0.3) is 0 Å². The Morgan fingerprint density at radius 1 is 1.38 bits per heavy atom. The van der Waals surface area contributed by atoms with Gasteiger partial charge < -0.3 is 9.64 Å². The highest BCUT2D eigenvalue weighted by atomic mass is 16.5. The standard InChI is InChI=1S/C14H29NO/c1-6-14(4,16-5)11-13(3)15-9-7-12(2)8-10-15/h12-13H,6-11H2,1-5H3. The van der Waals surface area contributed by atoms with Crippen LogP contribution in [0.15, 0.2) is 0 Å². The summed E-state index contributed by atoms with van der Waals surface area (Å²) in [7, 11) is 1.84. The van der Waals surface area contributed by atoms with Crippen molar-refractivity contribution in [2.24, 2.45) is 5.92 Å².